The molecule has 1 amide bonds. The zero-order chi connectivity index (χ0) is 27.3. The van der Waals surface area contributed by atoms with Gasteiger partial charge in [-0.1, -0.05) is 77.8 Å². The summed E-state index contributed by atoms with van der Waals surface area (Å²) in [5, 5.41) is 12.2. The van der Waals surface area contributed by atoms with Crippen LogP contribution in [-0.4, -0.2) is 66.8 Å². The molecule has 3 aromatic carbocycles. The molecule has 0 bridgehead atoms. The van der Waals surface area contributed by atoms with Crippen molar-refractivity contribution < 1.29 is 14.6 Å². The molecule has 2 aliphatic heterocycles. The lowest BCUT2D eigenvalue weighted by Crippen LogP contribution is -2.51. The van der Waals surface area contributed by atoms with Crippen molar-refractivity contribution in [2.75, 3.05) is 45.9 Å². The number of aliphatic hydroxyl groups is 1. The van der Waals surface area contributed by atoms with Crippen LogP contribution in [0.2, 0.25) is 10.0 Å². The second-order valence-electron chi connectivity index (χ2n) is 10.9. The number of amides is 1. The van der Waals surface area contributed by atoms with E-state index < -0.39 is 5.60 Å². The molecule has 0 aromatic heterocycles. The lowest BCUT2D eigenvalue weighted by Gasteiger charge is -2.43. The average molecular weight is 568 g/mol. The number of rotatable bonds is 8. The molecule has 7 heteroatoms. The lowest BCUT2D eigenvalue weighted by atomic mass is 9.74. The fraction of sp³-hybridized carbons (Fsp3) is 0.406. The quantitative estimate of drug-likeness (QED) is 0.331. The van der Waals surface area contributed by atoms with E-state index in [4.69, 9.17) is 27.9 Å². The number of benzene rings is 3. The van der Waals surface area contributed by atoms with Crippen LogP contribution in [0.15, 0.2) is 78.9 Å². The monoisotopic (exact) mass is 566 g/mol. The van der Waals surface area contributed by atoms with Gasteiger partial charge in [0.1, 0.15) is 0 Å². The molecule has 206 valence electrons. The highest BCUT2D eigenvalue weighted by molar-refractivity contribution is 6.42. The van der Waals surface area contributed by atoms with Crippen LogP contribution in [0.1, 0.15) is 47.2 Å². The van der Waals surface area contributed by atoms with E-state index in [1.807, 2.05) is 83.8 Å². The third-order valence-electron chi connectivity index (χ3n) is 8.34. The second kappa shape index (κ2) is 12.4. The van der Waals surface area contributed by atoms with Gasteiger partial charge in [0.25, 0.3) is 5.91 Å². The van der Waals surface area contributed by atoms with E-state index in [1.54, 1.807) is 0 Å². The molecular formula is C32H36Cl2N2O3. The number of likely N-dealkylation sites (tertiary alicyclic amines) is 2. The molecule has 1 atom stereocenters. The van der Waals surface area contributed by atoms with Crippen molar-refractivity contribution in [3.05, 3.63) is 106 Å². The number of carbonyl (C=O) groups is 1. The third kappa shape index (κ3) is 6.50. The van der Waals surface area contributed by atoms with Gasteiger partial charge in [0.2, 0.25) is 0 Å². The maximum Gasteiger partial charge on any atom is 0.253 e. The van der Waals surface area contributed by atoms with Gasteiger partial charge in [-0.3, -0.25) is 4.79 Å². The van der Waals surface area contributed by atoms with Crippen LogP contribution in [0.25, 0.3) is 0 Å². The van der Waals surface area contributed by atoms with E-state index in [9.17, 15) is 9.90 Å². The maximum absolute atomic E-state index is 13.3. The number of ether oxygens (including phenoxy) is 1. The Balaban J connectivity index is 1.23. The predicted octanol–water partition coefficient (Wildman–Crippen LogP) is 6.17. The van der Waals surface area contributed by atoms with Gasteiger partial charge in [-0.15, -0.1) is 0 Å². The summed E-state index contributed by atoms with van der Waals surface area (Å²) in [6, 6.07) is 25.2. The van der Waals surface area contributed by atoms with E-state index in [-0.39, 0.29) is 11.3 Å². The molecule has 0 saturated carbocycles. The summed E-state index contributed by atoms with van der Waals surface area (Å²) in [5.74, 6) is 0.0407. The summed E-state index contributed by atoms with van der Waals surface area (Å²) < 4.78 is 6.36. The van der Waals surface area contributed by atoms with E-state index in [0.29, 0.717) is 48.2 Å². The largest absolute Gasteiger partial charge is 0.385 e. The molecule has 2 saturated heterocycles. The number of carbonyl (C=O) groups excluding carboxylic acids is 1. The minimum absolute atomic E-state index is 0.0407. The highest BCUT2D eigenvalue weighted by atomic mass is 35.5. The van der Waals surface area contributed by atoms with Gasteiger partial charge in [0.05, 0.1) is 28.9 Å². The number of halogens is 2. The van der Waals surface area contributed by atoms with Gasteiger partial charge in [-0.05, 0) is 61.1 Å². The lowest BCUT2D eigenvalue weighted by molar-refractivity contribution is -0.0343. The van der Waals surface area contributed by atoms with Crippen molar-refractivity contribution in [3.63, 3.8) is 0 Å². The van der Waals surface area contributed by atoms with Gasteiger partial charge in [0.15, 0.2) is 0 Å². The Kier molecular flexibility index (Phi) is 8.95. The summed E-state index contributed by atoms with van der Waals surface area (Å²) in [6.07, 6.45) is 3.20. The zero-order valence-corrected chi connectivity index (χ0v) is 23.7. The fourth-order valence-electron chi connectivity index (χ4n) is 5.98. The van der Waals surface area contributed by atoms with Crippen molar-refractivity contribution in [3.8, 4) is 0 Å². The zero-order valence-electron chi connectivity index (χ0n) is 22.2. The summed E-state index contributed by atoms with van der Waals surface area (Å²) in [4.78, 5) is 17.6. The van der Waals surface area contributed by atoms with Crippen LogP contribution in [0, 0.1) is 0 Å². The van der Waals surface area contributed by atoms with E-state index in [0.717, 1.165) is 50.1 Å². The molecule has 0 spiro atoms. The molecule has 5 nitrogen and oxygen atoms in total. The van der Waals surface area contributed by atoms with Crippen LogP contribution in [0.3, 0.4) is 0 Å². The number of hydrogen-bond acceptors (Lipinski definition) is 4. The Morgan fingerprint density at radius 3 is 2.23 bits per heavy atom. The van der Waals surface area contributed by atoms with E-state index in [1.165, 1.54) is 0 Å². The molecule has 2 aliphatic rings. The van der Waals surface area contributed by atoms with Crippen LogP contribution in [-0.2, 0) is 15.8 Å². The van der Waals surface area contributed by atoms with Gasteiger partial charge in [0, 0.05) is 43.7 Å². The first kappa shape index (κ1) is 28.1. The first-order valence-electron chi connectivity index (χ1n) is 13.8. The van der Waals surface area contributed by atoms with E-state index in [2.05, 4.69) is 4.90 Å². The van der Waals surface area contributed by atoms with Crippen molar-refractivity contribution in [1.82, 2.24) is 9.80 Å². The summed E-state index contributed by atoms with van der Waals surface area (Å²) in [6.45, 7) is 4.80. The Morgan fingerprint density at radius 1 is 0.846 bits per heavy atom. The van der Waals surface area contributed by atoms with Gasteiger partial charge >= 0.3 is 0 Å². The first-order valence-corrected chi connectivity index (χ1v) is 14.5. The SMILES string of the molecule is O=C(c1ccccc1)N1CCCC(COCCN2CCC(O)(c3ccccc3)CC2)(c2ccc(Cl)c(Cl)c2)C1. The number of hydrogen-bond donors (Lipinski definition) is 1. The van der Waals surface area contributed by atoms with Crippen molar-refractivity contribution in [1.29, 1.82) is 0 Å². The van der Waals surface area contributed by atoms with Crippen molar-refractivity contribution in [2.24, 2.45) is 0 Å². The molecule has 39 heavy (non-hydrogen) atoms. The minimum atomic E-state index is -0.757. The molecule has 0 aliphatic carbocycles. The number of piperidine rings is 2. The van der Waals surface area contributed by atoms with Crippen LogP contribution >= 0.6 is 23.2 Å². The smallest absolute Gasteiger partial charge is 0.253 e. The topological polar surface area (TPSA) is 53.0 Å². The summed E-state index contributed by atoms with van der Waals surface area (Å²) in [7, 11) is 0. The average Bonchev–Trinajstić information content (AvgIpc) is 2.98. The Hall–Kier alpha value is -2.41. The van der Waals surface area contributed by atoms with Crippen LogP contribution in [0.4, 0.5) is 0 Å². The molecule has 2 heterocycles. The van der Waals surface area contributed by atoms with Gasteiger partial charge in [-0.25, -0.2) is 0 Å². The molecule has 1 N–H and O–H groups in total. The molecule has 1 unspecified atom stereocenters. The van der Waals surface area contributed by atoms with Crippen LogP contribution in [0.5, 0.6) is 0 Å². The molecule has 0 radical (unpaired) electrons. The molecule has 2 fully saturated rings. The van der Waals surface area contributed by atoms with Crippen molar-refractivity contribution >= 4 is 29.1 Å². The molecule has 3 aromatic rings. The Labute approximate surface area is 241 Å². The van der Waals surface area contributed by atoms with Gasteiger partial charge < -0.3 is 19.6 Å². The third-order valence-corrected chi connectivity index (χ3v) is 9.08. The van der Waals surface area contributed by atoms with Gasteiger partial charge in [-0.2, -0.15) is 0 Å². The highest BCUT2D eigenvalue weighted by Crippen LogP contribution is 2.38. The minimum Gasteiger partial charge on any atom is -0.385 e. The Morgan fingerprint density at radius 2 is 1.54 bits per heavy atom. The maximum atomic E-state index is 13.3. The standard InChI is InChI=1S/C32H36Cl2N2O3/c33-28-13-12-27(22-29(28)34)31(14-7-17-36(23-31)30(37)25-8-3-1-4-9-25)24-39-21-20-35-18-15-32(38,16-19-35)26-10-5-2-6-11-26/h1-6,8-13,22,38H,7,14-21,23-24H2. The van der Waals surface area contributed by atoms with E-state index >= 15 is 0 Å². The predicted molar refractivity (Wildman–Crippen MR) is 157 cm³/mol. The number of nitrogens with zero attached hydrogens (tertiary/aromatic N) is 2. The fourth-order valence-corrected chi connectivity index (χ4v) is 6.27. The molecule has 5 rings (SSSR count). The Bertz CT molecular complexity index is 1250. The highest BCUT2D eigenvalue weighted by Gasteiger charge is 2.40. The normalized spacial score (nSPS) is 21.6. The molecular weight excluding hydrogens is 531 g/mol. The first-order chi connectivity index (χ1) is 18.9. The summed E-state index contributed by atoms with van der Waals surface area (Å²) >= 11 is 12.7. The second-order valence-corrected chi connectivity index (χ2v) is 11.7. The summed E-state index contributed by atoms with van der Waals surface area (Å²) in [5.41, 5.74) is 1.62. The van der Waals surface area contributed by atoms with Crippen molar-refractivity contribution in [2.45, 2.75) is 36.7 Å². The van der Waals surface area contributed by atoms with Crippen LogP contribution < -0.4 is 0 Å².